The summed E-state index contributed by atoms with van der Waals surface area (Å²) < 4.78 is 0. The van der Waals surface area contributed by atoms with Crippen LogP contribution in [0.15, 0.2) is 18.2 Å². The number of hydrogen-bond donors (Lipinski definition) is 2. The van der Waals surface area contributed by atoms with E-state index < -0.39 is 12.0 Å². The predicted molar refractivity (Wildman–Crippen MR) is 69.7 cm³/mol. The highest BCUT2D eigenvalue weighted by Gasteiger charge is 2.20. The number of rotatable bonds is 5. The Morgan fingerprint density at radius 2 is 2.00 bits per heavy atom. The topological polar surface area (TPSA) is 66.4 Å². The lowest BCUT2D eigenvalue weighted by atomic mass is 10.0. The summed E-state index contributed by atoms with van der Waals surface area (Å²) in [6.07, 6.45) is 1.15. The average Bonchev–Trinajstić information content (AvgIpc) is 2.31. The van der Waals surface area contributed by atoms with Crippen LogP contribution in [0.5, 0.6) is 0 Å². The zero-order valence-corrected chi connectivity index (χ0v) is 11.0. The maximum atomic E-state index is 12.0. The van der Waals surface area contributed by atoms with Gasteiger partial charge >= 0.3 is 5.97 Å². The van der Waals surface area contributed by atoms with Crippen molar-refractivity contribution < 1.29 is 14.7 Å². The predicted octanol–water partition coefficient (Wildman–Crippen LogP) is 2.29. The lowest BCUT2D eigenvalue weighted by molar-refractivity contribution is -0.139. The second-order valence-electron chi connectivity index (χ2n) is 4.47. The zero-order valence-electron chi connectivity index (χ0n) is 11.0. The van der Waals surface area contributed by atoms with Gasteiger partial charge in [0.2, 0.25) is 0 Å². The average molecular weight is 249 g/mol. The van der Waals surface area contributed by atoms with Crippen LogP contribution in [0.25, 0.3) is 0 Å². The molecule has 1 aromatic carbocycles. The molecule has 4 nitrogen and oxygen atoms in total. The van der Waals surface area contributed by atoms with E-state index in [9.17, 15) is 9.59 Å². The number of carboxylic acids is 1. The molecule has 0 heterocycles. The van der Waals surface area contributed by atoms with Gasteiger partial charge in [0, 0.05) is 5.56 Å². The molecule has 0 aliphatic carbocycles. The Morgan fingerprint density at radius 1 is 1.33 bits per heavy atom. The number of benzene rings is 1. The smallest absolute Gasteiger partial charge is 0.326 e. The van der Waals surface area contributed by atoms with Crippen LogP contribution in [0, 0.1) is 13.8 Å². The number of aliphatic carboxylic acids is 1. The van der Waals surface area contributed by atoms with Gasteiger partial charge in [0.05, 0.1) is 0 Å². The van der Waals surface area contributed by atoms with Gasteiger partial charge in [-0.2, -0.15) is 0 Å². The first-order valence-corrected chi connectivity index (χ1v) is 6.06. The molecule has 0 aliphatic rings. The van der Waals surface area contributed by atoms with E-state index in [1.807, 2.05) is 32.9 Å². The van der Waals surface area contributed by atoms with E-state index in [0.717, 1.165) is 11.1 Å². The van der Waals surface area contributed by atoms with E-state index in [-0.39, 0.29) is 5.91 Å². The van der Waals surface area contributed by atoms with E-state index in [2.05, 4.69) is 5.32 Å². The van der Waals surface area contributed by atoms with Crippen molar-refractivity contribution in [2.24, 2.45) is 0 Å². The Balaban J connectivity index is 2.86. The van der Waals surface area contributed by atoms with Crippen molar-refractivity contribution in [3.8, 4) is 0 Å². The Morgan fingerprint density at radius 3 is 2.56 bits per heavy atom. The maximum absolute atomic E-state index is 12.0. The summed E-state index contributed by atoms with van der Waals surface area (Å²) >= 11 is 0. The maximum Gasteiger partial charge on any atom is 0.326 e. The fourth-order valence-electron chi connectivity index (χ4n) is 1.76. The number of carboxylic acid groups (broad SMARTS) is 1. The van der Waals surface area contributed by atoms with Gasteiger partial charge in [-0.15, -0.1) is 0 Å². The molecule has 0 aromatic heterocycles. The largest absolute Gasteiger partial charge is 0.480 e. The van der Waals surface area contributed by atoms with Crippen molar-refractivity contribution in [3.63, 3.8) is 0 Å². The minimum atomic E-state index is -0.990. The second-order valence-corrected chi connectivity index (χ2v) is 4.47. The fraction of sp³-hybridized carbons (Fsp3) is 0.429. The molecule has 98 valence electrons. The van der Waals surface area contributed by atoms with Crippen LogP contribution in [0.4, 0.5) is 0 Å². The van der Waals surface area contributed by atoms with Gasteiger partial charge in [-0.05, 0) is 31.9 Å². The number of carbonyl (C=O) groups is 2. The number of carbonyl (C=O) groups excluding carboxylic acids is 1. The van der Waals surface area contributed by atoms with Gasteiger partial charge in [-0.25, -0.2) is 4.79 Å². The summed E-state index contributed by atoms with van der Waals surface area (Å²) in [4.78, 5) is 23.0. The SMILES string of the molecule is CCC[C@H](NC(=O)c1cc(C)ccc1C)C(=O)O. The van der Waals surface area contributed by atoms with Crippen LogP contribution in [0.1, 0.15) is 41.3 Å². The van der Waals surface area contributed by atoms with Crippen molar-refractivity contribution in [2.45, 2.75) is 39.7 Å². The molecule has 0 fully saturated rings. The Hall–Kier alpha value is -1.84. The Kier molecular flexibility index (Phi) is 4.89. The number of amides is 1. The normalized spacial score (nSPS) is 11.9. The second kappa shape index (κ2) is 6.19. The third kappa shape index (κ3) is 3.58. The number of nitrogens with one attached hydrogen (secondary N) is 1. The molecule has 0 radical (unpaired) electrons. The van der Waals surface area contributed by atoms with Crippen molar-refractivity contribution >= 4 is 11.9 Å². The van der Waals surface area contributed by atoms with Gasteiger partial charge in [-0.3, -0.25) is 4.79 Å². The summed E-state index contributed by atoms with van der Waals surface area (Å²) in [5, 5.41) is 11.6. The third-order valence-electron chi connectivity index (χ3n) is 2.82. The van der Waals surface area contributed by atoms with E-state index in [1.54, 1.807) is 6.07 Å². The molecule has 1 rings (SSSR count). The van der Waals surface area contributed by atoms with Gasteiger partial charge in [0.15, 0.2) is 0 Å². The van der Waals surface area contributed by atoms with Crippen molar-refractivity contribution in [1.29, 1.82) is 0 Å². The fourth-order valence-corrected chi connectivity index (χ4v) is 1.76. The molecule has 0 spiro atoms. The molecule has 1 atom stereocenters. The van der Waals surface area contributed by atoms with Crippen LogP contribution < -0.4 is 5.32 Å². The third-order valence-corrected chi connectivity index (χ3v) is 2.82. The highest BCUT2D eigenvalue weighted by atomic mass is 16.4. The molecule has 0 aliphatic heterocycles. The first kappa shape index (κ1) is 14.2. The van der Waals surface area contributed by atoms with E-state index in [1.165, 1.54) is 0 Å². The molecular weight excluding hydrogens is 230 g/mol. The first-order chi connectivity index (χ1) is 8.45. The molecule has 2 N–H and O–H groups in total. The summed E-state index contributed by atoms with van der Waals surface area (Å²) in [6.45, 7) is 5.63. The molecule has 1 amide bonds. The van der Waals surface area contributed by atoms with Crippen molar-refractivity contribution in [1.82, 2.24) is 5.32 Å². The molecule has 18 heavy (non-hydrogen) atoms. The summed E-state index contributed by atoms with van der Waals surface area (Å²) in [6, 6.07) is 4.74. The highest BCUT2D eigenvalue weighted by molar-refractivity contribution is 5.97. The standard InChI is InChI=1S/C14H19NO3/c1-4-5-12(14(17)18)15-13(16)11-8-9(2)6-7-10(11)3/h6-8,12H,4-5H2,1-3H3,(H,15,16)(H,17,18)/t12-/m0/s1. The lowest BCUT2D eigenvalue weighted by Crippen LogP contribution is -2.40. The summed E-state index contributed by atoms with van der Waals surface area (Å²) in [7, 11) is 0. The molecule has 4 heteroatoms. The molecule has 0 saturated carbocycles. The van der Waals surface area contributed by atoms with Crippen LogP contribution in [0.2, 0.25) is 0 Å². The number of aryl methyl sites for hydroxylation is 2. The molecule has 0 bridgehead atoms. The van der Waals surface area contributed by atoms with Crippen molar-refractivity contribution in [3.05, 3.63) is 34.9 Å². The van der Waals surface area contributed by atoms with Crippen LogP contribution in [-0.2, 0) is 4.79 Å². The Labute approximate surface area is 107 Å². The zero-order chi connectivity index (χ0) is 13.7. The minimum Gasteiger partial charge on any atom is -0.480 e. The Bertz CT molecular complexity index is 454. The molecule has 0 unspecified atom stereocenters. The highest BCUT2D eigenvalue weighted by Crippen LogP contribution is 2.11. The summed E-state index contributed by atoms with van der Waals surface area (Å²) in [5.74, 6) is -1.31. The molecular formula is C14H19NO3. The first-order valence-electron chi connectivity index (χ1n) is 6.06. The lowest BCUT2D eigenvalue weighted by Gasteiger charge is -2.14. The summed E-state index contributed by atoms with van der Waals surface area (Å²) in [5.41, 5.74) is 2.37. The monoisotopic (exact) mass is 249 g/mol. The number of hydrogen-bond acceptors (Lipinski definition) is 2. The van der Waals surface area contributed by atoms with Crippen molar-refractivity contribution in [2.75, 3.05) is 0 Å². The quantitative estimate of drug-likeness (QED) is 0.841. The van der Waals surface area contributed by atoms with E-state index in [4.69, 9.17) is 5.11 Å². The van der Waals surface area contributed by atoms with Crippen LogP contribution in [0.3, 0.4) is 0 Å². The van der Waals surface area contributed by atoms with Crippen LogP contribution in [-0.4, -0.2) is 23.0 Å². The van der Waals surface area contributed by atoms with Gasteiger partial charge < -0.3 is 10.4 Å². The van der Waals surface area contributed by atoms with Gasteiger partial charge in [0.1, 0.15) is 6.04 Å². The molecule has 1 aromatic rings. The van der Waals surface area contributed by atoms with E-state index >= 15 is 0 Å². The van der Waals surface area contributed by atoms with Crippen LogP contribution >= 0.6 is 0 Å². The molecule has 0 saturated heterocycles. The van der Waals surface area contributed by atoms with Gasteiger partial charge in [0.25, 0.3) is 5.91 Å². The van der Waals surface area contributed by atoms with E-state index in [0.29, 0.717) is 18.4 Å². The minimum absolute atomic E-state index is 0.322. The van der Waals surface area contributed by atoms with Gasteiger partial charge in [-0.1, -0.05) is 31.0 Å².